The van der Waals surface area contributed by atoms with E-state index in [-0.39, 0.29) is 5.41 Å². The van der Waals surface area contributed by atoms with Gasteiger partial charge in [0, 0.05) is 51.3 Å². The molecule has 5 aliphatic carbocycles. The minimum Gasteiger partial charge on any atom is -0.344 e. The van der Waals surface area contributed by atoms with Crippen LogP contribution in [0.1, 0.15) is 99.3 Å². The molecule has 2 nitrogen and oxygen atoms in total. The number of benzene rings is 5. The molecule has 250 valence electrons. The first-order valence-corrected chi connectivity index (χ1v) is 19.6. The maximum atomic E-state index is 2.53. The predicted octanol–water partition coefficient (Wildman–Crippen LogP) is 12.9. The average Bonchev–Trinajstić information content (AvgIpc) is 4.02. The highest BCUT2D eigenvalue weighted by atomic mass is 15.1. The van der Waals surface area contributed by atoms with Gasteiger partial charge >= 0.3 is 0 Å². The van der Waals surface area contributed by atoms with Gasteiger partial charge in [-0.3, -0.25) is 0 Å². The highest BCUT2D eigenvalue weighted by Gasteiger charge is 2.41. The Bertz CT molecular complexity index is 2230. The van der Waals surface area contributed by atoms with Gasteiger partial charge in [0.1, 0.15) is 0 Å². The van der Waals surface area contributed by atoms with Crippen molar-refractivity contribution < 1.29 is 0 Å². The molecule has 1 heterocycles. The molecule has 0 spiro atoms. The van der Waals surface area contributed by atoms with E-state index in [0.717, 1.165) is 35.5 Å². The monoisotopic (exact) mass is 652 g/mol. The van der Waals surface area contributed by atoms with E-state index >= 15 is 0 Å². The van der Waals surface area contributed by atoms with Gasteiger partial charge in [-0.2, -0.15) is 0 Å². The Kier molecular flexibility index (Phi) is 6.25. The molecule has 0 N–H and O–H groups in total. The lowest BCUT2D eigenvalue weighted by atomic mass is 9.82. The Labute approximate surface area is 297 Å². The molecule has 0 amide bonds. The van der Waals surface area contributed by atoms with Crippen LogP contribution in [0.3, 0.4) is 0 Å². The first-order chi connectivity index (χ1) is 24.4. The maximum absolute atomic E-state index is 2.53. The minimum atomic E-state index is -0.103. The number of aromatic nitrogens is 1. The second-order valence-electron chi connectivity index (χ2n) is 17.4. The average molecular weight is 653 g/mol. The van der Waals surface area contributed by atoms with E-state index in [4.69, 9.17) is 0 Å². The fraction of sp³-hybridized carbons (Fsp3) is 0.375. The summed E-state index contributed by atoms with van der Waals surface area (Å²) in [7, 11) is 2.22. The number of para-hydroxylation sites is 1. The van der Waals surface area contributed by atoms with Crippen molar-refractivity contribution in [2.24, 2.45) is 30.7 Å². The fourth-order valence-corrected chi connectivity index (χ4v) is 12.0. The van der Waals surface area contributed by atoms with Crippen molar-refractivity contribution in [3.63, 3.8) is 0 Å². The summed E-state index contributed by atoms with van der Waals surface area (Å²) < 4.78 is 2.37. The summed E-state index contributed by atoms with van der Waals surface area (Å²) in [5, 5.41) is 2.69. The van der Waals surface area contributed by atoms with Crippen LogP contribution in [-0.4, -0.2) is 4.57 Å². The van der Waals surface area contributed by atoms with Gasteiger partial charge in [-0.05, 0) is 162 Å². The third-order valence-corrected chi connectivity index (χ3v) is 14.6. The lowest BCUT2D eigenvalue weighted by Crippen LogP contribution is -2.17. The molecule has 5 aromatic carbocycles. The van der Waals surface area contributed by atoms with Crippen LogP contribution in [0.25, 0.3) is 32.9 Å². The van der Waals surface area contributed by atoms with Crippen LogP contribution < -0.4 is 4.90 Å². The third-order valence-electron chi connectivity index (χ3n) is 14.6. The number of anilines is 3. The largest absolute Gasteiger partial charge is 0.344 e. The summed E-state index contributed by atoms with van der Waals surface area (Å²) in [4.78, 5) is 2.53. The second kappa shape index (κ2) is 10.6. The quantitative estimate of drug-likeness (QED) is 0.180. The Morgan fingerprint density at radius 1 is 0.540 bits per heavy atom. The van der Waals surface area contributed by atoms with E-state index in [1.165, 1.54) is 112 Å². The molecule has 11 rings (SSSR count). The molecule has 6 unspecified atom stereocenters. The van der Waals surface area contributed by atoms with Crippen LogP contribution in [0.2, 0.25) is 0 Å². The van der Waals surface area contributed by atoms with Gasteiger partial charge in [0.05, 0.1) is 0 Å². The van der Waals surface area contributed by atoms with Crippen molar-refractivity contribution in [1.82, 2.24) is 4.57 Å². The topological polar surface area (TPSA) is 8.17 Å². The molecule has 4 bridgehead atoms. The Morgan fingerprint density at radius 2 is 1.12 bits per heavy atom. The Balaban J connectivity index is 1.01. The predicted molar refractivity (Wildman–Crippen MR) is 209 cm³/mol. The number of hydrogen-bond acceptors (Lipinski definition) is 1. The van der Waals surface area contributed by atoms with Gasteiger partial charge in [-0.15, -0.1) is 0 Å². The third kappa shape index (κ3) is 4.20. The molecule has 1 aromatic heterocycles. The van der Waals surface area contributed by atoms with Crippen LogP contribution in [0, 0.1) is 23.7 Å². The first kappa shape index (κ1) is 29.4. The van der Waals surface area contributed by atoms with E-state index < -0.39 is 0 Å². The summed E-state index contributed by atoms with van der Waals surface area (Å²) in [5.74, 6) is 5.23. The van der Waals surface area contributed by atoms with Crippen molar-refractivity contribution in [3.05, 3.63) is 125 Å². The molecule has 5 aliphatic rings. The van der Waals surface area contributed by atoms with Crippen molar-refractivity contribution in [2.75, 3.05) is 4.90 Å². The van der Waals surface area contributed by atoms with Gasteiger partial charge in [0.2, 0.25) is 0 Å². The zero-order valence-corrected chi connectivity index (χ0v) is 29.8. The summed E-state index contributed by atoms with van der Waals surface area (Å²) in [6.07, 6.45) is 11.5. The number of fused-ring (bicyclic) bond motifs is 10. The SMILES string of the molecule is Cn1c2ccccc2c2cc3c(cc21)C(C)(C)c1cc(N(c2ccc(C4CC5CCC4C5)cc2)c2ccc(C4CC5CCC4C5)cc2)ccc1-3. The Morgan fingerprint density at radius 3 is 1.70 bits per heavy atom. The smallest absolute Gasteiger partial charge is 0.0492 e. The lowest BCUT2D eigenvalue weighted by Gasteiger charge is -2.29. The van der Waals surface area contributed by atoms with Crippen LogP contribution >= 0.6 is 0 Å². The van der Waals surface area contributed by atoms with E-state index in [2.05, 4.69) is 133 Å². The van der Waals surface area contributed by atoms with Crippen molar-refractivity contribution in [1.29, 1.82) is 0 Å². The zero-order chi connectivity index (χ0) is 33.3. The number of hydrogen-bond donors (Lipinski definition) is 0. The van der Waals surface area contributed by atoms with Crippen LogP contribution in [0.15, 0.2) is 103 Å². The van der Waals surface area contributed by atoms with Crippen LogP contribution in [0.5, 0.6) is 0 Å². The second-order valence-corrected chi connectivity index (χ2v) is 17.4. The zero-order valence-electron chi connectivity index (χ0n) is 29.8. The molecular weight excluding hydrogens is 605 g/mol. The van der Waals surface area contributed by atoms with Crippen molar-refractivity contribution in [3.8, 4) is 11.1 Å². The first-order valence-electron chi connectivity index (χ1n) is 19.6. The van der Waals surface area contributed by atoms with Crippen molar-refractivity contribution in [2.45, 2.75) is 82.5 Å². The molecule has 4 fully saturated rings. The minimum absolute atomic E-state index is 0.103. The van der Waals surface area contributed by atoms with E-state index in [1.807, 2.05) is 0 Å². The summed E-state index contributed by atoms with van der Waals surface area (Å²) in [5.41, 5.74) is 15.0. The lowest BCUT2D eigenvalue weighted by molar-refractivity contribution is 0.420. The molecule has 6 aromatic rings. The highest BCUT2D eigenvalue weighted by molar-refractivity contribution is 6.10. The van der Waals surface area contributed by atoms with E-state index in [0.29, 0.717) is 0 Å². The molecule has 50 heavy (non-hydrogen) atoms. The summed E-state index contributed by atoms with van der Waals surface area (Å²) in [6, 6.07) is 40.6. The van der Waals surface area contributed by atoms with Crippen LogP contribution in [0.4, 0.5) is 17.1 Å². The number of rotatable bonds is 5. The molecule has 0 radical (unpaired) electrons. The number of nitrogens with zero attached hydrogens (tertiary/aromatic N) is 2. The van der Waals surface area contributed by atoms with Crippen molar-refractivity contribution >= 4 is 38.9 Å². The van der Waals surface area contributed by atoms with E-state index in [1.54, 1.807) is 11.1 Å². The molecule has 0 saturated heterocycles. The Hall–Kier alpha value is -4.30. The molecular formula is C48H48N2. The van der Waals surface area contributed by atoms with Gasteiger partial charge in [-0.25, -0.2) is 0 Å². The summed E-state index contributed by atoms with van der Waals surface area (Å²) >= 11 is 0. The highest BCUT2D eigenvalue weighted by Crippen LogP contribution is 2.56. The molecule has 4 saturated carbocycles. The fourth-order valence-electron chi connectivity index (χ4n) is 12.0. The van der Waals surface area contributed by atoms with E-state index in [9.17, 15) is 0 Å². The number of aryl methyl sites for hydroxylation is 1. The van der Waals surface area contributed by atoms with Gasteiger partial charge in [-0.1, -0.05) is 75.2 Å². The van der Waals surface area contributed by atoms with Gasteiger partial charge in [0.25, 0.3) is 0 Å². The van der Waals surface area contributed by atoms with Gasteiger partial charge < -0.3 is 9.47 Å². The molecule has 2 heteroatoms. The molecule has 6 atom stereocenters. The molecule has 0 aliphatic heterocycles. The summed E-state index contributed by atoms with van der Waals surface area (Å²) in [6.45, 7) is 4.85. The maximum Gasteiger partial charge on any atom is 0.0492 e. The van der Waals surface area contributed by atoms with Gasteiger partial charge in [0.15, 0.2) is 0 Å². The van der Waals surface area contributed by atoms with Crippen LogP contribution in [-0.2, 0) is 12.5 Å². The normalized spacial score (nSPS) is 27.0. The standard InChI is InChI=1S/C48H48N2/c1-48(2)44-26-37(20-21-38(44)42-27-43-39-6-4-5-7-46(39)49(3)47(43)28-45(42)48)50(35-16-12-31(13-17-35)40-24-29-8-10-33(40)22-29)36-18-14-32(15-19-36)41-25-30-9-11-34(41)23-30/h4-7,12-21,26-30,33-34,40-41H,8-11,22-25H2,1-3H3.